The van der Waals surface area contributed by atoms with Crippen LogP contribution in [0.2, 0.25) is 0 Å². The highest BCUT2D eigenvalue weighted by Crippen LogP contribution is 2.42. The summed E-state index contributed by atoms with van der Waals surface area (Å²) in [7, 11) is 5.30. The Kier molecular flexibility index (Phi) is 3.57. The maximum absolute atomic E-state index is 5.99. The van der Waals surface area contributed by atoms with Crippen LogP contribution in [0.5, 0.6) is 0 Å². The molecule has 1 aliphatic carbocycles. The van der Waals surface area contributed by atoms with Crippen molar-refractivity contribution in [1.82, 2.24) is 5.01 Å². The van der Waals surface area contributed by atoms with E-state index in [4.69, 9.17) is 5.73 Å². The molecule has 4 nitrogen and oxygen atoms in total. The number of nitrogens with zero attached hydrogens (tertiary/aromatic N) is 3. The molecule has 0 bridgehead atoms. The van der Waals surface area contributed by atoms with Gasteiger partial charge in [0.15, 0.2) is 0 Å². The summed E-state index contributed by atoms with van der Waals surface area (Å²) in [6, 6.07) is 0.395. The predicted octanol–water partition coefficient (Wildman–Crippen LogP) is 2.44. The van der Waals surface area contributed by atoms with Crippen LogP contribution in [-0.2, 0) is 0 Å². The second-order valence-corrected chi connectivity index (χ2v) is 6.01. The number of hydrogen-bond donors (Lipinski definition) is 1. The summed E-state index contributed by atoms with van der Waals surface area (Å²) in [4.78, 5) is 0. The van der Waals surface area contributed by atoms with Crippen molar-refractivity contribution < 1.29 is 0 Å². The molecule has 2 aliphatic rings. The van der Waals surface area contributed by atoms with Crippen LogP contribution in [0.15, 0.2) is 9.74 Å². The molecule has 0 amide bonds. The van der Waals surface area contributed by atoms with E-state index in [0.717, 1.165) is 6.42 Å². The first kappa shape index (κ1) is 10.6. The number of hydrogen-bond acceptors (Lipinski definition) is 6. The van der Waals surface area contributed by atoms with Crippen LogP contribution in [0.1, 0.15) is 25.7 Å². The zero-order chi connectivity index (χ0) is 9.97. The Labute approximate surface area is 92.6 Å². The van der Waals surface area contributed by atoms with Crippen LogP contribution >= 0.6 is 21.8 Å². The van der Waals surface area contributed by atoms with Crippen LogP contribution in [0.3, 0.4) is 0 Å². The molecule has 0 spiro atoms. The molecule has 6 heteroatoms. The zero-order valence-corrected chi connectivity index (χ0v) is 9.93. The molecule has 1 heterocycles. The van der Waals surface area contributed by atoms with Crippen molar-refractivity contribution >= 4 is 21.8 Å². The minimum atomic E-state index is 0.395. The van der Waals surface area contributed by atoms with Crippen molar-refractivity contribution in [3.8, 4) is 0 Å². The largest absolute Gasteiger partial charge is 0.328 e. The van der Waals surface area contributed by atoms with Crippen molar-refractivity contribution in [3.63, 3.8) is 0 Å². The van der Waals surface area contributed by atoms with Gasteiger partial charge in [0.05, 0.1) is 11.0 Å². The lowest BCUT2D eigenvalue weighted by atomic mass is 9.86. The van der Waals surface area contributed by atoms with Crippen molar-refractivity contribution in [3.05, 3.63) is 0 Å². The molecule has 1 saturated carbocycles. The van der Waals surface area contributed by atoms with E-state index in [9.17, 15) is 0 Å². The molecule has 0 aromatic carbocycles. The fraction of sp³-hybridized carbons (Fsp3) is 1.00. The van der Waals surface area contributed by atoms with Gasteiger partial charge in [-0.1, -0.05) is 16.2 Å². The average molecular weight is 232 g/mol. The molecule has 0 aromatic rings. The molecular weight excluding hydrogens is 216 g/mol. The summed E-state index contributed by atoms with van der Waals surface area (Å²) in [6.45, 7) is 0. The second kappa shape index (κ2) is 4.72. The molecule has 1 aliphatic heterocycles. The highest BCUT2D eigenvalue weighted by molar-refractivity contribution is 8.76. The standard InChI is InChI=1S/C8H16N4S2/c1-12-8(13-14-11-10-12)6-3-2-4-7(9)5-6/h6-8H,2-5,9H2,1H3. The summed E-state index contributed by atoms with van der Waals surface area (Å²) in [5.74, 6) is 0.681. The van der Waals surface area contributed by atoms with Crippen molar-refractivity contribution in [2.45, 2.75) is 37.1 Å². The summed E-state index contributed by atoms with van der Waals surface area (Å²) in [5.41, 5.74) is 5.99. The third kappa shape index (κ3) is 2.35. The zero-order valence-electron chi connectivity index (χ0n) is 8.30. The van der Waals surface area contributed by atoms with Crippen LogP contribution in [0.25, 0.3) is 0 Å². The van der Waals surface area contributed by atoms with Gasteiger partial charge in [-0.15, -0.1) is 0 Å². The lowest BCUT2D eigenvalue weighted by Gasteiger charge is -2.36. The predicted molar refractivity (Wildman–Crippen MR) is 61.5 cm³/mol. The summed E-state index contributed by atoms with van der Waals surface area (Å²) in [5, 5.41) is 6.51. The highest BCUT2D eigenvalue weighted by atomic mass is 33.1. The normalized spacial score (nSPS) is 38.7. The summed E-state index contributed by atoms with van der Waals surface area (Å²) in [6.07, 6.45) is 4.87. The SMILES string of the molecule is CN1N=NSSC1C1CCCC(N)C1. The maximum Gasteiger partial charge on any atom is 0.108 e. The van der Waals surface area contributed by atoms with Crippen LogP contribution in [-0.4, -0.2) is 23.5 Å². The van der Waals surface area contributed by atoms with Crippen molar-refractivity contribution in [2.24, 2.45) is 21.4 Å². The van der Waals surface area contributed by atoms with Crippen LogP contribution in [0, 0.1) is 5.92 Å². The van der Waals surface area contributed by atoms with Gasteiger partial charge < -0.3 is 5.73 Å². The van der Waals surface area contributed by atoms with Crippen LogP contribution in [0.4, 0.5) is 0 Å². The van der Waals surface area contributed by atoms with E-state index in [-0.39, 0.29) is 0 Å². The Morgan fingerprint density at radius 3 is 3.00 bits per heavy atom. The van der Waals surface area contributed by atoms with E-state index >= 15 is 0 Å². The molecule has 0 saturated heterocycles. The van der Waals surface area contributed by atoms with E-state index in [1.54, 1.807) is 10.8 Å². The van der Waals surface area contributed by atoms with Crippen molar-refractivity contribution in [2.75, 3.05) is 7.05 Å². The maximum atomic E-state index is 5.99. The van der Waals surface area contributed by atoms with E-state index in [0.29, 0.717) is 17.3 Å². The highest BCUT2D eigenvalue weighted by Gasteiger charge is 2.31. The fourth-order valence-electron chi connectivity index (χ4n) is 2.16. The third-order valence-electron chi connectivity index (χ3n) is 2.88. The Morgan fingerprint density at radius 2 is 2.29 bits per heavy atom. The molecule has 0 aromatic heterocycles. The minimum Gasteiger partial charge on any atom is -0.328 e. The summed E-state index contributed by atoms with van der Waals surface area (Å²) >= 11 is 0. The van der Waals surface area contributed by atoms with Gasteiger partial charge in [-0.2, -0.15) is 0 Å². The van der Waals surface area contributed by atoms with Crippen LogP contribution < -0.4 is 5.73 Å². The Bertz CT molecular complexity index is 223. The fourth-order valence-corrected chi connectivity index (χ4v) is 4.32. The Hall–Kier alpha value is 0.0600. The topological polar surface area (TPSA) is 54.0 Å². The van der Waals surface area contributed by atoms with Gasteiger partial charge >= 0.3 is 0 Å². The molecular formula is C8H16N4S2. The molecule has 14 heavy (non-hydrogen) atoms. The molecule has 3 atom stereocenters. The van der Waals surface area contributed by atoms with Gasteiger partial charge in [0, 0.05) is 13.1 Å². The van der Waals surface area contributed by atoms with E-state index in [1.807, 2.05) is 12.1 Å². The number of nitrogens with two attached hydrogens (primary N) is 1. The number of rotatable bonds is 1. The molecule has 2 N–H and O–H groups in total. The van der Waals surface area contributed by atoms with Gasteiger partial charge in [-0.25, -0.2) is 0 Å². The first-order valence-electron chi connectivity index (χ1n) is 4.99. The minimum absolute atomic E-state index is 0.395. The van der Waals surface area contributed by atoms with E-state index in [2.05, 4.69) is 9.74 Å². The molecule has 3 unspecified atom stereocenters. The van der Waals surface area contributed by atoms with Gasteiger partial charge in [0.1, 0.15) is 5.37 Å². The van der Waals surface area contributed by atoms with Gasteiger partial charge in [0.2, 0.25) is 0 Å². The lowest BCUT2D eigenvalue weighted by molar-refractivity contribution is 0.196. The first-order chi connectivity index (χ1) is 6.77. The lowest BCUT2D eigenvalue weighted by Crippen LogP contribution is -2.38. The quantitative estimate of drug-likeness (QED) is 0.557. The van der Waals surface area contributed by atoms with Gasteiger partial charge in [-0.05, 0) is 36.0 Å². The monoisotopic (exact) mass is 232 g/mol. The second-order valence-electron chi connectivity index (χ2n) is 3.99. The molecule has 80 valence electrons. The smallest absolute Gasteiger partial charge is 0.108 e. The first-order valence-corrected chi connectivity index (χ1v) is 7.16. The molecule has 2 rings (SSSR count). The Balaban J connectivity index is 1.96. The van der Waals surface area contributed by atoms with Crippen molar-refractivity contribution in [1.29, 1.82) is 0 Å². The van der Waals surface area contributed by atoms with E-state index < -0.39 is 0 Å². The third-order valence-corrected chi connectivity index (χ3v) is 5.04. The van der Waals surface area contributed by atoms with Gasteiger partial charge in [0.25, 0.3) is 0 Å². The molecule has 0 radical (unpaired) electrons. The summed E-state index contributed by atoms with van der Waals surface area (Å²) < 4.78 is 3.92. The molecule has 1 fully saturated rings. The van der Waals surface area contributed by atoms with E-state index in [1.165, 1.54) is 30.2 Å². The Morgan fingerprint density at radius 1 is 1.43 bits per heavy atom. The average Bonchev–Trinajstić information content (AvgIpc) is 2.18. The van der Waals surface area contributed by atoms with Gasteiger partial charge in [-0.3, -0.25) is 5.01 Å².